The van der Waals surface area contributed by atoms with Crippen LogP contribution in [0.4, 0.5) is 17.1 Å². The second-order valence-electron chi connectivity index (χ2n) is 16.0. The van der Waals surface area contributed by atoms with E-state index in [1.807, 2.05) is 11.3 Å². The number of fused-ring (bicyclic) bond motifs is 6. The zero-order valence-electron chi connectivity index (χ0n) is 34.4. The summed E-state index contributed by atoms with van der Waals surface area (Å²) in [4.78, 5) is 2.51. The quantitative estimate of drug-likeness (QED) is 0.148. The lowest BCUT2D eigenvalue weighted by molar-refractivity contribution is 1.18. The molecule has 10 aromatic carbocycles. The van der Waals surface area contributed by atoms with Crippen LogP contribution in [0.1, 0.15) is 0 Å². The summed E-state index contributed by atoms with van der Waals surface area (Å²) < 4.78 is 4.94. The summed E-state index contributed by atoms with van der Waals surface area (Å²) in [6.07, 6.45) is 0. The van der Waals surface area contributed by atoms with Gasteiger partial charge in [0.2, 0.25) is 0 Å². The molecule has 2 nitrogen and oxygen atoms in total. The highest BCUT2D eigenvalue weighted by molar-refractivity contribution is 7.26. The van der Waals surface area contributed by atoms with Crippen molar-refractivity contribution in [2.24, 2.45) is 0 Å². The normalized spacial score (nSPS) is 11.5. The van der Waals surface area contributed by atoms with E-state index in [9.17, 15) is 0 Å². The lowest BCUT2D eigenvalue weighted by Crippen LogP contribution is -2.12. The van der Waals surface area contributed by atoms with Gasteiger partial charge in [0, 0.05) is 47.9 Å². The van der Waals surface area contributed by atoms with Crippen molar-refractivity contribution in [2.45, 2.75) is 0 Å². The van der Waals surface area contributed by atoms with E-state index in [4.69, 9.17) is 0 Å². The second kappa shape index (κ2) is 15.5. The number of nitrogens with zero attached hydrogens (tertiary/aromatic N) is 2. The molecule has 0 N–H and O–H groups in total. The molecule has 296 valence electrons. The minimum atomic E-state index is 1.09. The van der Waals surface area contributed by atoms with E-state index in [1.54, 1.807) is 0 Å². The summed E-state index contributed by atoms with van der Waals surface area (Å²) in [5.74, 6) is 0. The van der Waals surface area contributed by atoms with E-state index in [-0.39, 0.29) is 0 Å². The van der Waals surface area contributed by atoms with Gasteiger partial charge in [0.05, 0.1) is 22.4 Å². The van der Waals surface area contributed by atoms with E-state index < -0.39 is 0 Å². The van der Waals surface area contributed by atoms with Gasteiger partial charge >= 0.3 is 0 Å². The Kier molecular flexibility index (Phi) is 9.06. The Hall–Kier alpha value is -7.98. The van der Waals surface area contributed by atoms with Crippen LogP contribution < -0.4 is 4.90 Å². The van der Waals surface area contributed by atoms with Crippen molar-refractivity contribution in [3.8, 4) is 50.2 Å². The van der Waals surface area contributed by atoms with Crippen molar-refractivity contribution >= 4 is 70.4 Å². The molecular formula is C60H40N2S. The van der Waals surface area contributed by atoms with Crippen LogP contribution in [0, 0.1) is 0 Å². The van der Waals surface area contributed by atoms with Crippen molar-refractivity contribution in [1.29, 1.82) is 0 Å². The third-order valence-corrected chi connectivity index (χ3v) is 13.6. The third-order valence-electron chi connectivity index (χ3n) is 12.4. The molecule has 0 aliphatic rings. The molecule has 63 heavy (non-hydrogen) atoms. The average Bonchev–Trinajstić information content (AvgIpc) is 3.92. The summed E-state index contributed by atoms with van der Waals surface area (Å²) in [7, 11) is 0. The fourth-order valence-corrected chi connectivity index (χ4v) is 10.8. The van der Waals surface area contributed by atoms with Crippen LogP contribution >= 0.6 is 11.3 Å². The first kappa shape index (κ1) is 36.8. The molecule has 12 rings (SSSR count). The number of rotatable bonds is 8. The predicted molar refractivity (Wildman–Crippen MR) is 270 cm³/mol. The van der Waals surface area contributed by atoms with Crippen LogP contribution in [0.2, 0.25) is 0 Å². The molecular weight excluding hydrogens is 781 g/mol. The fraction of sp³-hybridized carbons (Fsp3) is 0. The monoisotopic (exact) mass is 820 g/mol. The van der Waals surface area contributed by atoms with Gasteiger partial charge < -0.3 is 9.47 Å². The van der Waals surface area contributed by atoms with Gasteiger partial charge in [0.15, 0.2) is 0 Å². The zero-order valence-corrected chi connectivity index (χ0v) is 35.2. The van der Waals surface area contributed by atoms with E-state index in [0.29, 0.717) is 0 Å². The molecule has 2 aromatic heterocycles. The molecule has 3 heteroatoms. The van der Waals surface area contributed by atoms with Gasteiger partial charge in [-0.05, 0) is 99.6 Å². The largest absolute Gasteiger partial charge is 0.309 e. The molecule has 12 aromatic rings. The second-order valence-corrected chi connectivity index (χ2v) is 17.1. The number of benzene rings is 10. The van der Waals surface area contributed by atoms with E-state index >= 15 is 0 Å². The molecule has 0 bridgehead atoms. The molecule has 0 amide bonds. The van der Waals surface area contributed by atoms with Gasteiger partial charge in [-0.3, -0.25) is 0 Å². The summed E-state index contributed by atoms with van der Waals surface area (Å²) in [6, 6.07) is 88.4. The lowest BCUT2D eigenvalue weighted by Gasteiger charge is -2.30. The van der Waals surface area contributed by atoms with Gasteiger partial charge in [-0.25, -0.2) is 0 Å². The van der Waals surface area contributed by atoms with Crippen LogP contribution in [-0.2, 0) is 0 Å². The van der Waals surface area contributed by atoms with Crippen LogP contribution in [0.15, 0.2) is 243 Å². The van der Waals surface area contributed by atoms with Gasteiger partial charge in [0.25, 0.3) is 0 Å². The molecule has 0 spiro atoms. The summed E-state index contributed by atoms with van der Waals surface area (Å²) in [5.41, 5.74) is 16.4. The average molecular weight is 821 g/mol. The Balaban J connectivity index is 1.12. The Morgan fingerprint density at radius 2 is 0.841 bits per heavy atom. The van der Waals surface area contributed by atoms with E-state index in [0.717, 1.165) is 22.7 Å². The maximum absolute atomic E-state index is 2.51. The van der Waals surface area contributed by atoms with Crippen LogP contribution in [0.3, 0.4) is 0 Å². The van der Waals surface area contributed by atoms with Crippen molar-refractivity contribution in [3.05, 3.63) is 243 Å². The van der Waals surface area contributed by atoms with Gasteiger partial charge in [0.1, 0.15) is 0 Å². The SMILES string of the molecule is c1ccc(-c2ccccc2-c2c(-c3ccccc3)cccc2N(c2ccc(-c3cccc4c3c3ccccc3n4-c3ccccc3)cc2)c2cccc3sc4ccccc4c23)cc1. The van der Waals surface area contributed by atoms with E-state index in [2.05, 4.69) is 252 Å². The summed E-state index contributed by atoms with van der Waals surface area (Å²) in [6.45, 7) is 0. The third kappa shape index (κ3) is 6.24. The highest BCUT2D eigenvalue weighted by Crippen LogP contribution is 2.51. The number of hydrogen-bond acceptors (Lipinski definition) is 2. The topological polar surface area (TPSA) is 8.17 Å². The first-order valence-electron chi connectivity index (χ1n) is 21.5. The molecule has 0 aliphatic heterocycles. The zero-order chi connectivity index (χ0) is 41.7. The standard InChI is InChI=1S/C60H40N2S/c1-4-19-41(20-5-1)46-25-10-11-26-49(46)58-47(42-21-6-2-7-22-42)29-16-32-53(58)62(55-34-18-36-57-60(55)51-28-13-15-35-56(51)63-57)45-39-37-43(38-40-45)48-30-17-33-54-59(48)50-27-12-14-31-52(50)61(54)44-23-8-3-9-24-44/h1-40H. The minimum absolute atomic E-state index is 1.09. The van der Waals surface area contributed by atoms with Gasteiger partial charge in [-0.15, -0.1) is 11.3 Å². The number of aromatic nitrogens is 1. The molecule has 0 aliphatic carbocycles. The van der Waals surface area contributed by atoms with Gasteiger partial charge in [-0.2, -0.15) is 0 Å². The first-order chi connectivity index (χ1) is 31.3. The van der Waals surface area contributed by atoms with Crippen molar-refractivity contribution in [2.75, 3.05) is 4.90 Å². The number of hydrogen-bond donors (Lipinski definition) is 0. The summed E-state index contributed by atoms with van der Waals surface area (Å²) in [5, 5.41) is 5.02. The molecule has 0 fully saturated rings. The smallest absolute Gasteiger partial charge is 0.0555 e. The lowest BCUT2D eigenvalue weighted by atomic mass is 9.87. The maximum Gasteiger partial charge on any atom is 0.0555 e. The summed E-state index contributed by atoms with van der Waals surface area (Å²) >= 11 is 1.86. The Morgan fingerprint density at radius 3 is 1.62 bits per heavy atom. The molecule has 0 atom stereocenters. The fourth-order valence-electron chi connectivity index (χ4n) is 9.69. The molecule has 0 saturated heterocycles. The molecule has 0 unspecified atom stereocenters. The Morgan fingerprint density at radius 1 is 0.317 bits per heavy atom. The Bertz CT molecular complexity index is 3600. The highest BCUT2D eigenvalue weighted by atomic mass is 32.1. The van der Waals surface area contributed by atoms with Crippen LogP contribution in [0.25, 0.3) is 92.2 Å². The van der Waals surface area contributed by atoms with Gasteiger partial charge in [-0.1, -0.05) is 182 Å². The number of para-hydroxylation sites is 2. The minimum Gasteiger partial charge on any atom is -0.309 e. The van der Waals surface area contributed by atoms with E-state index in [1.165, 1.54) is 86.5 Å². The maximum atomic E-state index is 2.51. The predicted octanol–water partition coefficient (Wildman–Crippen LogP) is 17.3. The molecule has 0 radical (unpaired) electrons. The van der Waals surface area contributed by atoms with Crippen molar-refractivity contribution in [3.63, 3.8) is 0 Å². The van der Waals surface area contributed by atoms with Crippen molar-refractivity contribution in [1.82, 2.24) is 4.57 Å². The first-order valence-corrected chi connectivity index (χ1v) is 22.3. The van der Waals surface area contributed by atoms with Crippen LogP contribution in [-0.4, -0.2) is 4.57 Å². The van der Waals surface area contributed by atoms with Crippen molar-refractivity contribution < 1.29 is 0 Å². The Labute approximate surface area is 370 Å². The number of thiophene rings is 1. The number of anilines is 3. The highest BCUT2D eigenvalue weighted by Gasteiger charge is 2.25. The molecule has 2 heterocycles. The van der Waals surface area contributed by atoms with Crippen LogP contribution in [0.5, 0.6) is 0 Å². The molecule has 0 saturated carbocycles.